The SMILES string of the molecule is CC(C)(C)NC(=O)C1CC[C@H]2[C@@H]3CC=C4C=C(C#N)CC[C@]4(C)[C@H]3CC[C@]12C. The van der Waals surface area contributed by atoms with E-state index in [1.165, 1.54) is 24.8 Å². The smallest absolute Gasteiger partial charge is 0.224 e. The third kappa shape index (κ3) is 2.95. The number of carbonyl (C=O) groups excluding carboxylic acids is 1. The van der Waals surface area contributed by atoms with Crippen LogP contribution in [0.25, 0.3) is 0 Å². The third-order valence-corrected chi connectivity index (χ3v) is 8.73. The van der Waals surface area contributed by atoms with E-state index in [0.29, 0.717) is 17.8 Å². The highest BCUT2D eigenvalue weighted by atomic mass is 16.2. The van der Waals surface area contributed by atoms with Gasteiger partial charge in [-0.25, -0.2) is 0 Å². The molecule has 4 aliphatic carbocycles. The summed E-state index contributed by atoms with van der Waals surface area (Å²) in [6, 6.07) is 2.38. The Hall–Kier alpha value is -1.56. The number of nitriles is 1. The van der Waals surface area contributed by atoms with Crippen LogP contribution in [0.4, 0.5) is 0 Å². The molecule has 0 aromatic carbocycles. The van der Waals surface area contributed by atoms with Gasteiger partial charge in [0.1, 0.15) is 0 Å². The van der Waals surface area contributed by atoms with Crippen LogP contribution >= 0.6 is 0 Å². The predicted octanol–water partition coefficient (Wildman–Crippen LogP) is 5.54. The van der Waals surface area contributed by atoms with Crippen molar-refractivity contribution < 1.29 is 4.79 Å². The molecule has 0 spiro atoms. The zero-order valence-corrected chi connectivity index (χ0v) is 18.3. The Morgan fingerprint density at radius 1 is 1.18 bits per heavy atom. The molecule has 0 radical (unpaired) electrons. The Kier molecular flexibility index (Phi) is 4.57. The van der Waals surface area contributed by atoms with Crippen LogP contribution in [0, 0.1) is 45.8 Å². The predicted molar refractivity (Wildman–Crippen MR) is 112 cm³/mol. The molecule has 4 aliphatic rings. The zero-order chi connectivity index (χ0) is 20.3. The van der Waals surface area contributed by atoms with E-state index < -0.39 is 0 Å². The van der Waals surface area contributed by atoms with Crippen LogP contribution in [0.3, 0.4) is 0 Å². The highest BCUT2D eigenvalue weighted by Gasteiger charge is 2.59. The Balaban J connectivity index is 1.60. The highest BCUT2D eigenvalue weighted by Crippen LogP contribution is 2.66. The lowest BCUT2D eigenvalue weighted by atomic mass is 9.48. The fraction of sp³-hybridized carbons (Fsp3) is 0.760. The van der Waals surface area contributed by atoms with Gasteiger partial charge in [-0.05, 0) is 106 Å². The van der Waals surface area contributed by atoms with Gasteiger partial charge in [-0.2, -0.15) is 5.26 Å². The zero-order valence-electron chi connectivity index (χ0n) is 18.3. The number of nitrogens with one attached hydrogen (secondary N) is 1. The molecule has 0 heterocycles. The molecule has 0 aliphatic heterocycles. The number of hydrogen-bond donors (Lipinski definition) is 1. The van der Waals surface area contributed by atoms with Crippen molar-refractivity contribution in [3.63, 3.8) is 0 Å². The lowest BCUT2D eigenvalue weighted by Gasteiger charge is -2.56. The van der Waals surface area contributed by atoms with Crippen LogP contribution in [0.1, 0.15) is 79.6 Å². The van der Waals surface area contributed by atoms with Gasteiger partial charge in [0.15, 0.2) is 0 Å². The van der Waals surface area contributed by atoms with E-state index in [-0.39, 0.29) is 28.2 Å². The summed E-state index contributed by atoms with van der Waals surface area (Å²) < 4.78 is 0. The first-order chi connectivity index (χ1) is 13.1. The van der Waals surface area contributed by atoms with Gasteiger partial charge in [0.05, 0.1) is 6.07 Å². The normalized spacial score (nSPS) is 42.3. The van der Waals surface area contributed by atoms with Gasteiger partial charge < -0.3 is 5.32 Å². The molecule has 0 aromatic rings. The first kappa shape index (κ1) is 19.7. The van der Waals surface area contributed by atoms with E-state index in [1.54, 1.807) is 0 Å². The molecule has 1 amide bonds. The Morgan fingerprint density at radius 3 is 2.61 bits per heavy atom. The second-order valence-corrected chi connectivity index (χ2v) is 11.4. The summed E-state index contributed by atoms with van der Waals surface area (Å²) in [5, 5.41) is 12.6. The molecule has 2 fully saturated rings. The maximum absolute atomic E-state index is 13.1. The lowest BCUT2D eigenvalue weighted by molar-refractivity contribution is -0.133. The molecule has 6 atom stereocenters. The first-order valence-corrected chi connectivity index (χ1v) is 11.2. The number of allylic oxidation sites excluding steroid dienone is 4. The van der Waals surface area contributed by atoms with Crippen LogP contribution in [0.15, 0.2) is 23.3 Å². The molecule has 0 aromatic heterocycles. The number of hydrogen-bond acceptors (Lipinski definition) is 2. The number of nitrogens with zero attached hydrogens (tertiary/aromatic N) is 1. The van der Waals surface area contributed by atoms with Crippen molar-refractivity contribution >= 4 is 5.91 Å². The second-order valence-electron chi connectivity index (χ2n) is 11.4. The van der Waals surface area contributed by atoms with E-state index in [0.717, 1.165) is 31.3 Å². The lowest BCUT2D eigenvalue weighted by Crippen LogP contribution is -2.52. The minimum absolute atomic E-state index is 0.139. The number of fused-ring (bicyclic) bond motifs is 5. The van der Waals surface area contributed by atoms with Crippen LogP contribution in [0.5, 0.6) is 0 Å². The first-order valence-electron chi connectivity index (χ1n) is 11.2. The van der Waals surface area contributed by atoms with Gasteiger partial charge in [0.25, 0.3) is 0 Å². The molecule has 0 saturated heterocycles. The summed E-state index contributed by atoms with van der Waals surface area (Å²) in [4.78, 5) is 13.1. The van der Waals surface area contributed by atoms with Crippen molar-refractivity contribution in [3.8, 4) is 6.07 Å². The summed E-state index contributed by atoms with van der Waals surface area (Å²) in [6.45, 7) is 11.1. The van der Waals surface area contributed by atoms with Gasteiger partial charge in [-0.3, -0.25) is 4.79 Å². The fourth-order valence-electron chi connectivity index (χ4n) is 7.30. The van der Waals surface area contributed by atoms with Crippen LogP contribution < -0.4 is 5.32 Å². The number of rotatable bonds is 1. The third-order valence-electron chi connectivity index (χ3n) is 8.73. The van der Waals surface area contributed by atoms with E-state index in [4.69, 9.17) is 0 Å². The molecule has 3 heteroatoms. The minimum Gasteiger partial charge on any atom is -0.351 e. The van der Waals surface area contributed by atoms with E-state index in [1.807, 2.05) is 0 Å². The van der Waals surface area contributed by atoms with Crippen molar-refractivity contribution in [2.45, 2.75) is 85.1 Å². The molecule has 3 nitrogen and oxygen atoms in total. The Labute approximate surface area is 170 Å². The molecule has 28 heavy (non-hydrogen) atoms. The van der Waals surface area contributed by atoms with Crippen LogP contribution in [-0.4, -0.2) is 11.4 Å². The van der Waals surface area contributed by atoms with Crippen LogP contribution in [-0.2, 0) is 4.79 Å². The minimum atomic E-state index is -0.161. The largest absolute Gasteiger partial charge is 0.351 e. The average molecular weight is 381 g/mol. The molecule has 1 N–H and O–H groups in total. The monoisotopic (exact) mass is 380 g/mol. The number of amides is 1. The number of carbonyl (C=O) groups is 1. The quantitative estimate of drug-likeness (QED) is 0.649. The Bertz CT molecular complexity index is 779. The maximum atomic E-state index is 13.1. The highest BCUT2D eigenvalue weighted by molar-refractivity contribution is 5.80. The van der Waals surface area contributed by atoms with Gasteiger partial charge >= 0.3 is 0 Å². The van der Waals surface area contributed by atoms with Gasteiger partial charge in [-0.1, -0.05) is 19.9 Å². The summed E-state index contributed by atoms with van der Waals surface area (Å²) in [5.74, 6) is 2.47. The van der Waals surface area contributed by atoms with Gasteiger partial charge in [0, 0.05) is 17.0 Å². The van der Waals surface area contributed by atoms with Crippen molar-refractivity contribution in [2.24, 2.45) is 34.5 Å². The molecular weight excluding hydrogens is 344 g/mol. The van der Waals surface area contributed by atoms with E-state index >= 15 is 0 Å². The average Bonchev–Trinajstić information content (AvgIpc) is 2.97. The molecule has 4 rings (SSSR count). The van der Waals surface area contributed by atoms with E-state index in [9.17, 15) is 10.1 Å². The topological polar surface area (TPSA) is 52.9 Å². The summed E-state index contributed by atoms with van der Waals surface area (Å²) in [7, 11) is 0. The standard InChI is InChI=1S/C25H36N2O/c1-23(2,3)27-22(28)21-9-8-19-18-7-6-17-14-16(15-26)10-12-24(17,4)20(18)11-13-25(19,21)5/h6,14,18-21H,7-13H2,1-5H3,(H,27,28)/t18-,19-,20-,21?,24-,25-/m0/s1. The van der Waals surface area contributed by atoms with Crippen molar-refractivity contribution in [1.29, 1.82) is 5.26 Å². The summed E-state index contributed by atoms with van der Waals surface area (Å²) in [6.07, 6.45) is 12.4. The van der Waals surface area contributed by atoms with Gasteiger partial charge in [0.2, 0.25) is 5.91 Å². The molecule has 0 bridgehead atoms. The van der Waals surface area contributed by atoms with Crippen molar-refractivity contribution in [3.05, 3.63) is 23.3 Å². The molecular formula is C25H36N2O. The van der Waals surface area contributed by atoms with E-state index in [2.05, 4.69) is 58.2 Å². The molecule has 2 saturated carbocycles. The summed E-state index contributed by atoms with van der Waals surface area (Å²) >= 11 is 0. The van der Waals surface area contributed by atoms with Crippen molar-refractivity contribution in [1.82, 2.24) is 5.32 Å². The van der Waals surface area contributed by atoms with Gasteiger partial charge in [-0.15, -0.1) is 0 Å². The van der Waals surface area contributed by atoms with Crippen molar-refractivity contribution in [2.75, 3.05) is 0 Å². The molecule has 152 valence electrons. The second kappa shape index (κ2) is 6.48. The Morgan fingerprint density at radius 2 is 1.93 bits per heavy atom. The fourth-order valence-corrected chi connectivity index (χ4v) is 7.30. The molecule has 1 unspecified atom stereocenters. The maximum Gasteiger partial charge on any atom is 0.224 e. The summed E-state index contributed by atoms with van der Waals surface area (Å²) in [5.41, 5.74) is 2.56. The van der Waals surface area contributed by atoms with Crippen LogP contribution in [0.2, 0.25) is 0 Å².